The highest BCUT2D eigenvalue weighted by atomic mass is 35.5. The smallest absolute Gasteiger partial charge is 0.261 e. The Kier molecular flexibility index (Phi) is 3.99. The largest absolute Gasteiger partial charge is 0.351 e. The van der Waals surface area contributed by atoms with Gasteiger partial charge in [0.25, 0.3) is 5.91 Å². The maximum Gasteiger partial charge on any atom is 0.261 e. The summed E-state index contributed by atoms with van der Waals surface area (Å²) in [7, 11) is 0. The summed E-state index contributed by atoms with van der Waals surface area (Å²) >= 11 is 6.97. The zero-order valence-electron chi connectivity index (χ0n) is 7.05. The molecular formula is C9H10ClNOS. The Morgan fingerprint density at radius 3 is 3.00 bits per heavy atom. The maximum atomic E-state index is 11.3. The number of hydrogen-bond donors (Lipinski definition) is 1. The third kappa shape index (κ3) is 3.20. The summed E-state index contributed by atoms with van der Waals surface area (Å²) in [6.45, 7) is 4.19. The number of nitrogens with one attached hydrogen (secondary N) is 1. The second kappa shape index (κ2) is 5.04. The molecule has 1 heterocycles. The van der Waals surface area contributed by atoms with E-state index in [9.17, 15) is 4.79 Å². The van der Waals surface area contributed by atoms with E-state index in [0.29, 0.717) is 15.8 Å². The van der Waals surface area contributed by atoms with Crippen LogP contribution in [0.15, 0.2) is 24.8 Å². The van der Waals surface area contributed by atoms with Crippen LogP contribution >= 0.6 is 22.9 Å². The van der Waals surface area contributed by atoms with E-state index in [1.807, 2.05) is 0 Å². The highest BCUT2D eigenvalue weighted by Gasteiger charge is 2.06. The predicted molar refractivity (Wildman–Crippen MR) is 56.5 cm³/mol. The Labute approximate surface area is 86.2 Å². The number of hydrogen-bond acceptors (Lipinski definition) is 2. The van der Waals surface area contributed by atoms with E-state index < -0.39 is 0 Å². The molecule has 0 fully saturated rings. The lowest BCUT2D eigenvalue weighted by atomic mass is 10.4. The first-order valence-electron chi connectivity index (χ1n) is 3.88. The van der Waals surface area contributed by atoms with Gasteiger partial charge in [0.15, 0.2) is 0 Å². The van der Waals surface area contributed by atoms with Crippen LogP contribution in [0.2, 0.25) is 4.34 Å². The summed E-state index contributed by atoms with van der Waals surface area (Å²) in [5.74, 6) is -0.0706. The minimum Gasteiger partial charge on any atom is -0.351 e. The van der Waals surface area contributed by atoms with Crippen molar-refractivity contribution in [3.8, 4) is 0 Å². The quantitative estimate of drug-likeness (QED) is 0.607. The van der Waals surface area contributed by atoms with Crippen molar-refractivity contribution in [1.29, 1.82) is 0 Å². The first-order valence-corrected chi connectivity index (χ1v) is 5.08. The molecular weight excluding hydrogens is 206 g/mol. The number of carbonyl (C=O) groups is 1. The fourth-order valence-electron chi connectivity index (χ4n) is 0.811. The van der Waals surface area contributed by atoms with Crippen molar-refractivity contribution in [3.05, 3.63) is 34.0 Å². The molecule has 0 saturated carbocycles. The Bertz CT molecular complexity index is 308. The van der Waals surface area contributed by atoms with Gasteiger partial charge < -0.3 is 5.32 Å². The fraction of sp³-hybridized carbons (Fsp3) is 0.222. The van der Waals surface area contributed by atoms with Crippen LogP contribution in [-0.4, -0.2) is 12.5 Å². The van der Waals surface area contributed by atoms with E-state index in [1.165, 1.54) is 11.3 Å². The van der Waals surface area contributed by atoms with Crippen LogP contribution in [0.5, 0.6) is 0 Å². The van der Waals surface area contributed by atoms with E-state index in [4.69, 9.17) is 11.6 Å². The van der Waals surface area contributed by atoms with E-state index in [0.717, 1.165) is 6.42 Å². The van der Waals surface area contributed by atoms with Crippen molar-refractivity contribution in [2.24, 2.45) is 0 Å². The molecule has 1 aromatic heterocycles. The lowest BCUT2D eigenvalue weighted by Crippen LogP contribution is -2.22. The summed E-state index contributed by atoms with van der Waals surface area (Å²) in [6, 6.07) is 3.44. The molecule has 0 aliphatic carbocycles. The standard InChI is InChI=1S/C9H10ClNOS/c1-2-3-6-11-9(12)7-4-5-8(10)13-7/h2,4-5H,1,3,6H2,(H,11,12). The molecule has 2 nitrogen and oxygen atoms in total. The Morgan fingerprint density at radius 2 is 2.46 bits per heavy atom. The van der Waals surface area contributed by atoms with Gasteiger partial charge in [-0.15, -0.1) is 17.9 Å². The van der Waals surface area contributed by atoms with Gasteiger partial charge in [0.2, 0.25) is 0 Å². The summed E-state index contributed by atoms with van der Waals surface area (Å²) in [6.07, 6.45) is 2.55. The van der Waals surface area contributed by atoms with Crippen molar-refractivity contribution in [1.82, 2.24) is 5.32 Å². The van der Waals surface area contributed by atoms with Gasteiger partial charge in [0, 0.05) is 6.54 Å². The Balaban J connectivity index is 2.44. The van der Waals surface area contributed by atoms with Gasteiger partial charge in [-0.2, -0.15) is 0 Å². The average Bonchev–Trinajstić information content (AvgIpc) is 2.52. The van der Waals surface area contributed by atoms with Crippen LogP contribution in [0.4, 0.5) is 0 Å². The van der Waals surface area contributed by atoms with Crippen molar-refractivity contribution in [2.75, 3.05) is 6.54 Å². The van der Waals surface area contributed by atoms with Crippen LogP contribution in [-0.2, 0) is 0 Å². The van der Waals surface area contributed by atoms with Crippen LogP contribution in [0.3, 0.4) is 0 Å². The summed E-state index contributed by atoms with van der Waals surface area (Å²) in [4.78, 5) is 12.0. The highest BCUT2D eigenvalue weighted by Crippen LogP contribution is 2.20. The molecule has 0 bridgehead atoms. The van der Waals surface area contributed by atoms with Gasteiger partial charge in [-0.05, 0) is 18.6 Å². The molecule has 0 radical (unpaired) electrons. The van der Waals surface area contributed by atoms with Gasteiger partial charge in [-0.1, -0.05) is 17.7 Å². The highest BCUT2D eigenvalue weighted by molar-refractivity contribution is 7.17. The molecule has 1 N–H and O–H groups in total. The molecule has 0 aromatic carbocycles. The van der Waals surface area contributed by atoms with Gasteiger partial charge in [-0.25, -0.2) is 0 Å². The minimum atomic E-state index is -0.0706. The van der Waals surface area contributed by atoms with Gasteiger partial charge >= 0.3 is 0 Å². The average molecular weight is 216 g/mol. The van der Waals surface area contributed by atoms with Crippen molar-refractivity contribution < 1.29 is 4.79 Å². The molecule has 0 unspecified atom stereocenters. The zero-order valence-corrected chi connectivity index (χ0v) is 8.62. The molecule has 4 heteroatoms. The van der Waals surface area contributed by atoms with Crippen LogP contribution in [0.1, 0.15) is 16.1 Å². The number of thiophene rings is 1. The summed E-state index contributed by atoms with van der Waals surface area (Å²) in [5.41, 5.74) is 0. The molecule has 70 valence electrons. The fourth-order valence-corrected chi connectivity index (χ4v) is 1.77. The van der Waals surface area contributed by atoms with Crippen LogP contribution in [0, 0.1) is 0 Å². The number of amides is 1. The maximum absolute atomic E-state index is 11.3. The molecule has 0 saturated heterocycles. The van der Waals surface area contributed by atoms with Crippen molar-refractivity contribution in [2.45, 2.75) is 6.42 Å². The molecule has 1 rings (SSSR count). The molecule has 0 aliphatic heterocycles. The van der Waals surface area contributed by atoms with E-state index in [-0.39, 0.29) is 5.91 Å². The predicted octanol–water partition coefficient (Wildman–Crippen LogP) is 2.71. The molecule has 0 atom stereocenters. The lowest BCUT2D eigenvalue weighted by Gasteiger charge is -1.99. The van der Waals surface area contributed by atoms with Gasteiger partial charge in [-0.3, -0.25) is 4.79 Å². The Morgan fingerprint density at radius 1 is 1.69 bits per heavy atom. The molecule has 13 heavy (non-hydrogen) atoms. The number of halogens is 1. The zero-order chi connectivity index (χ0) is 9.68. The lowest BCUT2D eigenvalue weighted by molar-refractivity contribution is 0.0958. The number of carbonyl (C=O) groups excluding carboxylic acids is 1. The normalized spacial score (nSPS) is 9.62. The molecule has 0 spiro atoms. The molecule has 1 aromatic rings. The number of rotatable bonds is 4. The Hall–Kier alpha value is -0.800. The summed E-state index contributed by atoms with van der Waals surface area (Å²) in [5, 5.41) is 2.75. The first-order chi connectivity index (χ1) is 6.24. The van der Waals surface area contributed by atoms with Gasteiger partial charge in [0.1, 0.15) is 0 Å². The topological polar surface area (TPSA) is 29.1 Å². The second-order valence-corrected chi connectivity index (χ2v) is 4.15. The third-order valence-electron chi connectivity index (χ3n) is 1.43. The van der Waals surface area contributed by atoms with Crippen molar-refractivity contribution >= 4 is 28.8 Å². The van der Waals surface area contributed by atoms with E-state index in [1.54, 1.807) is 18.2 Å². The van der Waals surface area contributed by atoms with Gasteiger partial charge in [0.05, 0.1) is 9.21 Å². The monoisotopic (exact) mass is 215 g/mol. The molecule has 0 aliphatic rings. The summed E-state index contributed by atoms with van der Waals surface area (Å²) < 4.78 is 0.633. The van der Waals surface area contributed by atoms with E-state index >= 15 is 0 Å². The van der Waals surface area contributed by atoms with E-state index in [2.05, 4.69) is 11.9 Å². The first kappa shape index (κ1) is 10.3. The third-order valence-corrected chi connectivity index (χ3v) is 2.66. The van der Waals surface area contributed by atoms with Crippen LogP contribution in [0.25, 0.3) is 0 Å². The van der Waals surface area contributed by atoms with Crippen LogP contribution < -0.4 is 5.32 Å². The second-order valence-electron chi connectivity index (χ2n) is 2.44. The van der Waals surface area contributed by atoms with Crippen molar-refractivity contribution in [3.63, 3.8) is 0 Å². The molecule has 1 amide bonds. The SMILES string of the molecule is C=CCCNC(=O)c1ccc(Cl)s1. The minimum absolute atomic E-state index is 0.0706.